The normalized spacial score (nSPS) is 12.4. The minimum atomic E-state index is 0.351. The summed E-state index contributed by atoms with van der Waals surface area (Å²) < 4.78 is 5.65. The minimum Gasteiger partial charge on any atom is -0.492 e. The molecule has 1 N–H and O–H groups in total. The summed E-state index contributed by atoms with van der Waals surface area (Å²) in [5.74, 6) is 0.876. The summed E-state index contributed by atoms with van der Waals surface area (Å²) in [6.45, 7) is 8.24. The molecule has 0 aliphatic carbocycles. The highest BCUT2D eigenvalue weighted by Gasteiger charge is 2.08. The summed E-state index contributed by atoms with van der Waals surface area (Å²) in [5, 5.41) is 3.42. The summed E-state index contributed by atoms with van der Waals surface area (Å²) in [6, 6.07) is 4.43. The van der Waals surface area contributed by atoms with Gasteiger partial charge in [-0.15, -0.1) is 0 Å². The Morgan fingerprint density at radius 2 is 2.06 bits per heavy atom. The maximum Gasteiger partial charge on any atom is 0.137 e. The number of unbranched alkanes of at least 4 members (excludes halogenated alkanes) is 2. The Hall–Kier alpha value is -1.09. The van der Waals surface area contributed by atoms with Gasteiger partial charge in [0.05, 0.1) is 18.5 Å². The lowest BCUT2D eigenvalue weighted by Gasteiger charge is -2.15. The first kappa shape index (κ1) is 15.0. The second kappa shape index (κ2) is 8.92. The van der Waals surface area contributed by atoms with Gasteiger partial charge in [0.25, 0.3) is 0 Å². The van der Waals surface area contributed by atoms with Gasteiger partial charge in [0.1, 0.15) is 5.75 Å². The Labute approximate surface area is 111 Å². The maximum absolute atomic E-state index is 5.65. The maximum atomic E-state index is 5.65. The van der Waals surface area contributed by atoms with E-state index in [2.05, 4.69) is 37.1 Å². The molecule has 102 valence electrons. The molecule has 0 spiro atoms. The highest BCUT2D eigenvalue weighted by molar-refractivity contribution is 5.21. The van der Waals surface area contributed by atoms with Crippen LogP contribution in [0.2, 0.25) is 0 Å². The van der Waals surface area contributed by atoms with Crippen LogP contribution in [0.4, 0.5) is 0 Å². The average Bonchev–Trinajstić information content (AvgIpc) is 2.42. The summed E-state index contributed by atoms with van der Waals surface area (Å²) >= 11 is 0. The van der Waals surface area contributed by atoms with Gasteiger partial charge in [-0.25, -0.2) is 0 Å². The van der Waals surface area contributed by atoms with E-state index < -0.39 is 0 Å². The molecule has 1 aromatic heterocycles. The smallest absolute Gasteiger partial charge is 0.137 e. The van der Waals surface area contributed by atoms with E-state index in [0.29, 0.717) is 6.04 Å². The molecule has 0 aliphatic heterocycles. The van der Waals surface area contributed by atoms with Crippen LogP contribution in [0.1, 0.15) is 58.2 Å². The quantitative estimate of drug-likeness (QED) is 0.678. The Balaban J connectivity index is 2.45. The van der Waals surface area contributed by atoms with Gasteiger partial charge >= 0.3 is 0 Å². The van der Waals surface area contributed by atoms with Crippen LogP contribution >= 0.6 is 0 Å². The van der Waals surface area contributed by atoms with Crippen LogP contribution in [-0.2, 0) is 0 Å². The lowest BCUT2D eigenvalue weighted by atomic mass is 10.1. The molecule has 18 heavy (non-hydrogen) atoms. The molecular formula is C15H26N2O. The Bertz CT molecular complexity index is 311. The molecular weight excluding hydrogens is 224 g/mol. The molecule has 0 saturated carbocycles. The van der Waals surface area contributed by atoms with E-state index in [4.69, 9.17) is 4.74 Å². The fourth-order valence-corrected chi connectivity index (χ4v) is 1.93. The lowest BCUT2D eigenvalue weighted by molar-refractivity contribution is 0.304. The zero-order valence-electron chi connectivity index (χ0n) is 11.9. The third-order valence-corrected chi connectivity index (χ3v) is 2.99. The summed E-state index contributed by atoms with van der Waals surface area (Å²) in [5.41, 5.74) is 1.10. The number of ether oxygens (including phenoxy) is 1. The first-order valence-electron chi connectivity index (χ1n) is 7.13. The topological polar surface area (TPSA) is 34.1 Å². The third-order valence-electron chi connectivity index (χ3n) is 2.99. The first-order valence-corrected chi connectivity index (χ1v) is 7.13. The van der Waals surface area contributed by atoms with E-state index in [9.17, 15) is 0 Å². The van der Waals surface area contributed by atoms with Crippen LogP contribution in [0.25, 0.3) is 0 Å². The molecule has 0 fully saturated rings. The van der Waals surface area contributed by atoms with Crippen molar-refractivity contribution in [3.05, 3.63) is 24.0 Å². The number of hydrogen-bond donors (Lipinski definition) is 1. The Morgan fingerprint density at radius 1 is 1.22 bits per heavy atom. The molecule has 3 heteroatoms. The minimum absolute atomic E-state index is 0.351. The van der Waals surface area contributed by atoms with Gasteiger partial charge in [0.15, 0.2) is 0 Å². The Kier molecular flexibility index (Phi) is 7.42. The summed E-state index contributed by atoms with van der Waals surface area (Å²) in [6.07, 6.45) is 6.46. The predicted octanol–water partition coefficient (Wildman–Crippen LogP) is 3.71. The van der Waals surface area contributed by atoms with Crippen molar-refractivity contribution >= 4 is 0 Å². The van der Waals surface area contributed by atoms with E-state index in [1.807, 2.05) is 12.3 Å². The number of nitrogens with zero attached hydrogens (tertiary/aromatic N) is 1. The molecule has 0 amide bonds. The van der Waals surface area contributed by atoms with Gasteiger partial charge in [0, 0.05) is 6.04 Å². The Morgan fingerprint density at radius 3 is 2.61 bits per heavy atom. The van der Waals surface area contributed by atoms with Crippen molar-refractivity contribution in [1.82, 2.24) is 10.3 Å². The number of aromatic nitrogens is 1. The van der Waals surface area contributed by atoms with Gasteiger partial charge in [-0.05, 0) is 31.5 Å². The molecule has 0 radical (unpaired) electrons. The van der Waals surface area contributed by atoms with Crippen molar-refractivity contribution in [3.8, 4) is 5.75 Å². The van der Waals surface area contributed by atoms with Crippen LogP contribution in [-0.4, -0.2) is 18.1 Å². The molecule has 0 bridgehead atoms. The van der Waals surface area contributed by atoms with E-state index >= 15 is 0 Å². The SMILES string of the molecule is CCCCCOc1ccc(C(CC)NCC)nc1. The van der Waals surface area contributed by atoms with Gasteiger partial charge in [-0.2, -0.15) is 0 Å². The highest BCUT2D eigenvalue weighted by atomic mass is 16.5. The number of hydrogen-bond acceptors (Lipinski definition) is 3. The fourth-order valence-electron chi connectivity index (χ4n) is 1.93. The highest BCUT2D eigenvalue weighted by Crippen LogP contribution is 2.17. The van der Waals surface area contributed by atoms with E-state index in [1.54, 1.807) is 0 Å². The molecule has 1 aromatic rings. The summed E-state index contributed by atoms with van der Waals surface area (Å²) in [7, 11) is 0. The van der Waals surface area contributed by atoms with E-state index in [0.717, 1.165) is 37.4 Å². The zero-order chi connectivity index (χ0) is 13.2. The van der Waals surface area contributed by atoms with Crippen molar-refractivity contribution in [1.29, 1.82) is 0 Å². The molecule has 0 saturated heterocycles. The second-order valence-corrected chi connectivity index (χ2v) is 4.49. The molecule has 1 rings (SSSR count). The van der Waals surface area contributed by atoms with Crippen molar-refractivity contribution in [2.45, 2.75) is 52.5 Å². The molecule has 1 atom stereocenters. The van der Waals surface area contributed by atoms with Crippen LogP contribution < -0.4 is 10.1 Å². The lowest BCUT2D eigenvalue weighted by Crippen LogP contribution is -2.20. The largest absolute Gasteiger partial charge is 0.492 e. The molecule has 1 unspecified atom stereocenters. The molecule has 1 heterocycles. The fraction of sp³-hybridized carbons (Fsp3) is 0.667. The standard InChI is InChI=1S/C15H26N2O/c1-4-7-8-11-18-13-9-10-15(17-12-13)14(5-2)16-6-3/h9-10,12,14,16H,4-8,11H2,1-3H3. The molecule has 3 nitrogen and oxygen atoms in total. The van der Waals surface area contributed by atoms with Crippen LogP contribution in [0.3, 0.4) is 0 Å². The van der Waals surface area contributed by atoms with Crippen molar-refractivity contribution in [2.75, 3.05) is 13.2 Å². The van der Waals surface area contributed by atoms with Crippen molar-refractivity contribution in [3.63, 3.8) is 0 Å². The second-order valence-electron chi connectivity index (χ2n) is 4.49. The van der Waals surface area contributed by atoms with E-state index in [-0.39, 0.29) is 0 Å². The third kappa shape index (κ3) is 5.05. The number of nitrogens with one attached hydrogen (secondary N) is 1. The first-order chi connectivity index (χ1) is 8.81. The van der Waals surface area contributed by atoms with Crippen LogP contribution in [0.15, 0.2) is 18.3 Å². The van der Waals surface area contributed by atoms with Gasteiger partial charge < -0.3 is 10.1 Å². The van der Waals surface area contributed by atoms with Crippen molar-refractivity contribution in [2.24, 2.45) is 0 Å². The molecule has 0 aliphatic rings. The zero-order valence-corrected chi connectivity index (χ0v) is 11.9. The average molecular weight is 250 g/mol. The summed E-state index contributed by atoms with van der Waals surface area (Å²) in [4.78, 5) is 4.48. The van der Waals surface area contributed by atoms with Crippen LogP contribution in [0.5, 0.6) is 5.75 Å². The van der Waals surface area contributed by atoms with Crippen LogP contribution in [0, 0.1) is 0 Å². The van der Waals surface area contributed by atoms with Gasteiger partial charge in [-0.1, -0.05) is 33.6 Å². The number of rotatable bonds is 9. The van der Waals surface area contributed by atoms with Gasteiger partial charge in [0.2, 0.25) is 0 Å². The van der Waals surface area contributed by atoms with Gasteiger partial charge in [-0.3, -0.25) is 4.98 Å². The van der Waals surface area contributed by atoms with E-state index in [1.165, 1.54) is 12.8 Å². The molecule has 0 aromatic carbocycles. The predicted molar refractivity (Wildman–Crippen MR) is 76.0 cm³/mol. The number of pyridine rings is 1. The monoisotopic (exact) mass is 250 g/mol. The van der Waals surface area contributed by atoms with Crippen molar-refractivity contribution < 1.29 is 4.74 Å².